The van der Waals surface area contributed by atoms with Crippen LogP contribution in [-0.2, 0) is 17.8 Å². The topological polar surface area (TPSA) is 46.2 Å². The minimum Gasteiger partial charge on any atom is -0.468 e. The van der Waals surface area contributed by atoms with Crippen LogP contribution >= 0.6 is 0 Å². The van der Waals surface area contributed by atoms with E-state index in [1.165, 1.54) is 0 Å². The van der Waals surface area contributed by atoms with Gasteiger partial charge in [-0.3, -0.25) is 0 Å². The summed E-state index contributed by atoms with van der Waals surface area (Å²) in [5, 5.41) is 8.38. The molecule has 0 amide bonds. The second-order valence-corrected chi connectivity index (χ2v) is 2.14. The third-order valence-electron chi connectivity index (χ3n) is 1.38. The molecule has 0 unspecified atom stereocenters. The molecule has 0 aliphatic carbocycles. The van der Waals surface area contributed by atoms with Crippen LogP contribution in [0.5, 0.6) is 0 Å². The quantitative estimate of drug-likeness (QED) is 0.657. The van der Waals surface area contributed by atoms with Crippen molar-refractivity contribution in [2.45, 2.75) is 13.0 Å². The van der Waals surface area contributed by atoms with E-state index in [0.29, 0.717) is 18.8 Å². The average Bonchev–Trinajstić information content (AvgIpc) is 2.39. The summed E-state index contributed by atoms with van der Waals surface area (Å²) in [6, 6.07) is 3.84. The van der Waals surface area contributed by atoms with Gasteiger partial charge in [0.1, 0.15) is 5.76 Å². The first-order valence-corrected chi connectivity index (χ1v) is 3.29. The number of methoxy groups -OCH3 is 1. The van der Waals surface area contributed by atoms with E-state index >= 15 is 0 Å². The molecule has 0 aliphatic heterocycles. The summed E-state index contributed by atoms with van der Waals surface area (Å²) in [5.41, 5.74) is 0.953. The molecular weight excluding hydrogens is 142 g/mol. The van der Waals surface area contributed by atoms with Gasteiger partial charge in [-0.25, -0.2) is 0 Å². The van der Waals surface area contributed by atoms with Crippen molar-refractivity contribution in [3.05, 3.63) is 23.7 Å². The Bertz CT molecular complexity index is 259. The van der Waals surface area contributed by atoms with Crippen LogP contribution in [-0.4, -0.2) is 7.11 Å². The van der Waals surface area contributed by atoms with Crippen molar-refractivity contribution in [1.29, 1.82) is 5.26 Å². The molecule has 0 atom stereocenters. The van der Waals surface area contributed by atoms with Gasteiger partial charge in [-0.2, -0.15) is 5.26 Å². The van der Waals surface area contributed by atoms with Crippen molar-refractivity contribution in [2.75, 3.05) is 7.11 Å². The Labute approximate surface area is 65.2 Å². The summed E-state index contributed by atoms with van der Waals surface area (Å²) < 4.78 is 9.96. The number of nitrogens with zero attached hydrogens (tertiary/aromatic N) is 1. The highest BCUT2D eigenvalue weighted by Gasteiger charge is 2.03. The summed E-state index contributed by atoms with van der Waals surface area (Å²) in [6.07, 6.45) is 1.88. The fourth-order valence-electron chi connectivity index (χ4n) is 0.878. The van der Waals surface area contributed by atoms with Crippen molar-refractivity contribution in [3.63, 3.8) is 0 Å². The second-order valence-electron chi connectivity index (χ2n) is 2.14. The molecule has 11 heavy (non-hydrogen) atoms. The Kier molecular flexibility index (Phi) is 2.70. The lowest BCUT2D eigenvalue weighted by Gasteiger charge is -1.95. The maximum atomic E-state index is 8.38. The zero-order valence-electron chi connectivity index (χ0n) is 6.33. The van der Waals surface area contributed by atoms with Crippen LogP contribution < -0.4 is 0 Å². The van der Waals surface area contributed by atoms with Crippen LogP contribution in [0.3, 0.4) is 0 Å². The van der Waals surface area contributed by atoms with Gasteiger partial charge in [0.2, 0.25) is 0 Å². The predicted octanol–water partition coefficient (Wildman–Crippen LogP) is 1.49. The molecule has 58 valence electrons. The first-order chi connectivity index (χ1) is 5.38. The summed E-state index contributed by atoms with van der Waals surface area (Å²) in [6.45, 7) is 0.507. The average molecular weight is 151 g/mol. The van der Waals surface area contributed by atoms with Crippen molar-refractivity contribution in [3.8, 4) is 6.07 Å². The number of hydrogen-bond donors (Lipinski definition) is 0. The van der Waals surface area contributed by atoms with Gasteiger partial charge < -0.3 is 9.15 Å². The molecule has 0 bridgehead atoms. The molecule has 0 saturated heterocycles. The van der Waals surface area contributed by atoms with Gasteiger partial charge >= 0.3 is 0 Å². The summed E-state index contributed by atoms with van der Waals surface area (Å²) in [5.74, 6) is 0.703. The number of furan rings is 1. The highest BCUT2D eigenvalue weighted by atomic mass is 16.5. The molecule has 1 heterocycles. The maximum Gasteiger partial charge on any atom is 0.123 e. The van der Waals surface area contributed by atoms with Crippen LogP contribution in [0.2, 0.25) is 0 Å². The number of nitriles is 1. The van der Waals surface area contributed by atoms with E-state index in [2.05, 4.69) is 0 Å². The van der Waals surface area contributed by atoms with Crippen molar-refractivity contribution in [2.24, 2.45) is 0 Å². The lowest BCUT2D eigenvalue weighted by molar-refractivity contribution is 0.183. The predicted molar refractivity (Wildman–Crippen MR) is 38.7 cm³/mol. The molecule has 0 aliphatic rings. The van der Waals surface area contributed by atoms with Gasteiger partial charge in [-0.15, -0.1) is 0 Å². The first kappa shape index (κ1) is 7.83. The van der Waals surface area contributed by atoms with Gasteiger partial charge in [0.05, 0.1) is 25.4 Å². The Morgan fingerprint density at radius 1 is 1.73 bits per heavy atom. The van der Waals surface area contributed by atoms with Gasteiger partial charge in [-0.05, 0) is 6.07 Å². The van der Waals surface area contributed by atoms with Crippen LogP contribution in [0.4, 0.5) is 0 Å². The molecule has 1 aromatic heterocycles. The third-order valence-corrected chi connectivity index (χ3v) is 1.38. The van der Waals surface area contributed by atoms with E-state index < -0.39 is 0 Å². The molecule has 3 nitrogen and oxygen atoms in total. The van der Waals surface area contributed by atoms with Crippen LogP contribution in [0, 0.1) is 11.3 Å². The summed E-state index contributed by atoms with van der Waals surface area (Å²) in [7, 11) is 1.61. The van der Waals surface area contributed by atoms with Crippen molar-refractivity contribution in [1.82, 2.24) is 0 Å². The molecule has 0 spiro atoms. The molecular formula is C8H9NO2. The van der Waals surface area contributed by atoms with E-state index in [0.717, 1.165) is 5.56 Å². The van der Waals surface area contributed by atoms with E-state index in [-0.39, 0.29) is 0 Å². The van der Waals surface area contributed by atoms with Gasteiger partial charge in [0.25, 0.3) is 0 Å². The smallest absolute Gasteiger partial charge is 0.123 e. The molecule has 3 heteroatoms. The highest BCUT2D eigenvalue weighted by molar-refractivity contribution is 5.18. The fraction of sp³-hybridized carbons (Fsp3) is 0.375. The Morgan fingerprint density at radius 3 is 3.18 bits per heavy atom. The second kappa shape index (κ2) is 3.79. The normalized spacial score (nSPS) is 9.45. The van der Waals surface area contributed by atoms with Crippen molar-refractivity contribution < 1.29 is 9.15 Å². The Hall–Kier alpha value is -1.27. The maximum absolute atomic E-state index is 8.38. The van der Waals surface area contributed by atoms with E-state index in [4.69, 9.17) is 14.4 Å². The molecule has 0 radical (unpaired) electrons. The minimum atomic E-state index is 0.311. The van der Waals surface area contributed by atoms with Gasteiger partial charge in [-0.1, -0.05) is 0 Å². The van der Waals surface area contributed by atoms with E-state index in [1.807, 2.05) is 12.1 Å². The lowest BCUT2D eigenvalue weighted by Crippen LogP contribution is -1.89. The summed E-state index contributed by atoms with van der Waals surface area (Å²) in [4.78, 5) is 0. The first-order valence-electron chi connectivity index (χ1n) is 3.29. The van der Waals surface area contributed by atoms with Crippen LogP contribution in [0.25, 0.3) is 0 Å². The molecule has 0 N–H and O–H groups in total. The molecule has 0 fully saturated rings. The van der Waals surface area contributed by atoms with Crippen LogP contribution in [0.1, 0.15) is 11.3 Å². The number of rotatable bonds is 3. The largest absolute Gasteiger partial charge is 0.468 e. The molecule has 0 aromatic carbocycles. The summed E-state index contributed by atoms with van der Waals surface area (Å²) >= 11 is 0. The lowest BCUT2D eigenvalue weighted by atomic mass is 10.2. The highest BCUT2D eigenvalue weighted by Crippen LogP contribution is 2.11. The zero-order valence-corrected chi connectivity index (χ0v) is 6.33. The molecule has 0 saturated carbocycles. The number of ether oxygens (including phenoxy) is 1. The third kappa shape index (κ3) is 1.82. The van der Waals surface area contributed by atoms with E-state index in [9.17, 15) is 0 Å². The van der Waals surface area contributed by atoms with Gasteiger partial charge in [0, 0.05) is 12.7 Å². The van der Waals surface area contributed by atoms with E-state index in [1.54, 1.807) is 13.4 Å². The standard InChI is InChI=1S/C8H9NO2/c1-10-6-7-3-5-11-8(7)2-4-9/h3,5H,2,6H2,1H3. The SMILES string of the molecule is COCc1ccoc1CC#N. The fourth-order valence-corrected chi connectivity index (χ4v) is 0.878. The molecule has 1 aromatic rings. The Morgan fingerprint density at radius 2 is 2.55 bits per heavy atom. The zero-order chi connectivity index (χ0) is 8.10. The Balaban J connectivity index is 2.71. The van der Waals surface area contributed by atoms with Crippen molar-refractivity contribution >= 4 is 0 Å². The van der Waals surface area contributed by atoms with Gasteiger partial charge in [0.15, 0.2) is 0 Å². The van der Waals surface area contributed by atoms with Crippen LogP contribution in [0.15, 0.2) is 16.7 Å². The minimum absolute atomic E-state index is 0.311. The molecule has 1 rings (SSSR count). The monoisotopic (exact) mass is 151 g/mol. The number of hydrogen-bond acceptors (Lipinski definition) is 3.